The van der Waals surface area contributed by atoms with E-state index in [1.165, 1.54) is 18.4 Å². The van der Waals surface area contributed by atoms with Gasteiger partial charge in [0.05, 0.1) is 12.8 Å². The van der Waals surface area contributed by atoms with Crippen LogP contribution in [0.25, 0.3) is 0 Å². The average Bonchev–Trinajstić information content (AvgIpc) is 2.62. The Morgan fingerprint density at radius 3 is 2.68 bits per heavy atom. The van der Waals surface area contributed by atoms with Crippen molar-refractivity contribution >= 4 is 17.5 Å². The second kappa shape index (κ2) is 9.87. The smallest absolute Gasteiger partial charge is 0.226 e. The number of amides is 2. The highest BCUT2D eigenvalue weighted by molar-refractivity contribution is 5.92. The molecule has 0 saturated heterocycles. The maximum absolute atomic E-state index is 12.2. The number of hydrogen-bond donors (Lipinski definition) is 1. The fourth-order valence-electron chi connectivity index (χ4n) is 3.03. The van der Waals surface area contributed by atoms with E-state index in [1.807, 2.05) is 12.1 Å². The van der Waals surface area contributed by atoms with Gasteiger partial charge in [0.25, 0.3) is 0 Å². The maximum atomic E-state index is 12.2. The van der Waals surface area contributed by atoms with E-state index in [1.54, 1.807) is 31.1 Å². The van der Waals surface area contributed by atoms with Gasteiger partial charge < -0.3 is 15.0 Å². The Bertz CT molecular complexity index is 625. The normalized spacial score (nSPS) is 13.8. The van der Waals surface area contributed by atoms with Gasteiger partial charge in [0.15, 0.2) is 0 Å². The van der Waals surface area contributed by atoms with Crippen LogP contribution in [0.4, 0.5) is 5.69 Å². The van der Waals surface area contributed by atoms with E-state index in [-0.39, 0.29) is 18.2 Å². The van der Waals surface area contributed by atoms with Crippen molar-refractivity contribution in [1.82, 2.24) is 4.90 Å². The highest BCUT2D eigenvalue weighted by Gasteiger charge is 2.14. The van der Waals surface area contributed by atoms with Crippen molar-refractivity contribution in [2.24, 2.45) is 0 Å². The third-order valence-corrected chi connectivity index (χ3v) is 4.52. The van der Waals surface area contributed by atoms with Crippen LogP contribution in [0.5, 0.6) is 5.75 Å². The molecule has 0 radical (unpaired) electrons. The Kier molecular flexibility index (Phi) is 7.51. The van der Waals surface area contributed by atoms with E-state index >= 15 is 0 Å². The quantitative estimate of drug-likeness (QED) is 0.731. The summed E-state index contributed by atoms with van der Waals surface area (Å²) in [6.07, 6.45) is 8.29. The highest BCUT2D eigenvalue weighted by Crippen LogP contribution is 2.23. The second-order valence-corrected chi connectivity index (χ2v) is 6.36. The number of carbonyl (C=O) groups is 2. The first-order valence-corrected chi connectivity index (χ1v) is 8.96. The van der Waals surface area contributed by atoms with Gasteiger partial charge >= 0.3 is 0 Å². The van der Waals surface area contributed by atoms with Gasteiger partial charge in [-0.2, -0.15) is 0 Å². The molecule has 0 saturated carbocycles. The molecule has 1 aromatic carbocycles. The van der Waals surface area contributed by atoms with Crippen molar-refractivity contribution in [1.29, 1.82) is 0 Å². The lowest BCUT2D eigenvalue weighted by atomic mass is 9.97. The first-order chi connectivity index (χ1) is 12.1. The zero-order chi connectivity index (χ0) is 18.1. The summed E-state index contributed by atoms with van der Waals surface area (Å²) in [4.78, 5) is 25.8. The predicted molar refractivity (Wildman–Crippen MR) is 99.7 cm³/mol. The molecule has 0 heterocycles. The number of nitrogens with one attached hydrogen (secondary N) is 1. The van der Waals surface area contributed by atoms with Crippen molar-refractivity contribution in [3.8, 4) is 5.75 Å². The second-order valence-electron chi connectivity index (χ2n) is 6.36. The lowest BCUT2D eigenvalue weighted by Gasteiger charge is -2.22. The number of hydrogen-bond acceptors (Lipinski definition) is 3. The Hall–Kier alpha value is -2.30. The molecule has 1 aliphatic carbocycles. The molecular formula is C20H28N2O3. The van der Waals surface area contributed by atoms with Gasteiger partial charge in [0, 0.05) is 26.4 Å². The van der Waals surface area contributed by atoms with Gasteiger partial charge in [0.1, 0.15) is 5.75 Å². The molecule has 1 N–H and O–H groups in total. The standard InChI is InChI=1S/C20H28N2O3/c1-16(23)22(14-12-17-8-4-3-5-9-17)15-13-20(24)21-18-10-6-7-11-19(18)25-2/h6-8,10-11H,3-5,9,12-15H2,1-2H3,(H,21,24). The molecule has 5 nitrogen and oxygen atoms in total. The van der Waals surface area contributed by atoms with Gasteiger partial charge in [-0.25, -0.2) is 0 Å². The molecule has 1 aliphatic rings. The topological polar surface area (TPSA) is 58.6 Å². The highest BCUT2D eigenvalue weighted by atomic mass is 16.5. The Morgan fingerprint density at radius 1 is 1.20 bits per heavy atom. The molecule has 2 amide bonds. The van der Waals surface area contributed by atoms with Crippen molar-refractivity contribution in [2.45, 2.75) is 45.4 Å². The van der Waals surface area contributed by atoms with Crippen LogP contribution in [-0.2, 0) is 9.59 Å². The lowest BCUT2D eigenvalue weighted by Crippen LogP contribution is -2.33. The summed E-state index contributed by atoms with van der Waals surface area (Å²) >= 11 is 0. The number of allylic oxidation sites excluding steroid dienone is 1. The molecule has 0 aromatic heterocycles. The van der Waals surface area contributed by atoms with Crippen LogP contribution in [0.2, 0.25) is 0 Å². The number of rotatable bonds is 8. The number of benzene rings is 1. The van der Waals surface area contributed by atoms with Gasteiger partial charge in [-0.1, -0.05) is 23.8 Å². The summed E-state index contributed by atoms with van der Waals surface area (Å²) in [5, 5.41) is 2.85. The van der Waals surface area contributed by atoms with Gasteiger partial charge in [-0.05, 0) is 44.2 Å². The van der Waals surface area contributed by atoms with Gasteiger partial charge in [-0.15, -0.1) is 0 Å². The summed E-state index contributed by atoms with van der Waals surface area (Å²) < 4.78 is 5.23. The molecule has 0 atom stereocenters. The van der Waals surface area contributed by atoms with Crippen LogP contribution in [0, 0.1) is 0 Å². The van der Waals surface area contributed by atoms with Crippen LogP contribution in [0.1, 0.15) is 45.4 Å². The Balaban J connectivity index is 1.82. The molecule has 2 rings (SSSR count). The van der Waals surface area contributed by atoms with Crippen molar-refractivity contribution in [3.63, 3.8) is 0 Å². The van der Waals surface area contributed by atoms with E-state index in [4.69, 9.17) is 4.74 Å². The van der Waals surface area contributed by atoms with Crippen molar-refractivity contribution in [3.05, 3.63) is 35.9 Å². The van der Waals surface area contributed by atoms with Gasteiger partial charge in [0.2, 0.25) is 11.8 Å². The summed E-state index contributed by atoms with van der Waals surface area (Å²) in [6, 6.07) is 7.30. The maximum Gasteiger partial charge on any atom is 0.226 e. The van der Waals surface area contributed by atoms with Crippen molar-refractivity contribution < 1.29 is 14.3 Å². The van der Waals surface area contributed by atoms with E-state index in [2.05, 4.69) is 11.4 Å². The number of methoxy groups -OCH3 is 1. The zero-order valence-electron chi connectivity index (χ0n) is 15.2. The minimum Gasteiger partial charge on any atom is -0.495 e. The minimum atomic E-state index is -0.118. The molecule has 5 heteroatoms. The molecule has 0 aliphatic heterocycles. The van der Waals surface area contributed by atoms with E-state index in [9.17, 15) is 9.59 Å². The van der Waals surface area contributed by atoms with E-state index in [0.29, 0.717) is 24.5 Å². The van der Waals surface area contributed by atoms with Crippen molar-refractivity contribution in [2.75, 3.05) is 25.5 Å². The fraction of sp³-hybridized carbons (Fsp3) is 0.500. The van der Waals surface area contributed by atoms with Crippen LogP contribution >= 0.6 is 0 Å². The van der Waals surface area contributed by atoms with Crippen LogP contribution in [-0.4, -0.2) is 36.9 Å². The largest absolute Gasteiger partial charge is 0.495 e. The minimum absolute atomic E-state index is 0.0153. The molecule has 0 fully saturated rings. The Morgan fingerprint density at radius 2 is 2.00 bits per heavy atom. The molecule has 0 unspecified atom stereocenters. The summed E-state index contributed by atoms with van der Waals surface area (Å²) in [6.45, 7) is 2.68. The first kappa shape index (κ1) is 19.0. The summed E-state index contributed by atoms with van der Waals surface area (Å²) in [5.74, 6) is 0.526. The molecule has 1 aromatic rings. The molecule has 25 heavy (non-hydrogen) atoms. The summed E-state index contributed by atoms with van der Waals surface area (Å²) in [7, 11) is 1.57. The van der Waals surface area contributed by atoms with E-state index in [0.717, 1.165) is 19.3 Å². The third kappa shape index (κ3) is 6.25. The SMILES string of the molecule is COc1ccccc1NC(=O)CCN(CCC1=CCCCC1)C(C)=O. The average molecular weight is 344 g/mol. The summed E-state index contributed by atoms with van der Waals surface area (Å²) in [5.41, 5.74) is 2.09. The van der Waals surface area contributed by atoms with Crippen LogP contribution < -0.4 is 10.1 Å². The number of anilines is 1. The number of para-hydroxylation sites is 2. The Labute approximate surface area is 150 Å². The fourth-order valence-corrected chi connectivity index (χ4v) is 3.03. The first-order valence-electron chi connectivity index (χ1n) is 8.96. The number of ether oxygens (including phenoxy) is 1. The third-order valence-electron chi connectivity index (χ3n) is 4.52. The number of carbonyl (C=O) groups excluding carboxylic acids is 2. The zero-order valence-corrected chi connectivity index (χ0v) is 15.2. The molecule has 136 valence electrons. The van der Waals surface area contributed by atoms with Crippen LogP contribution in [0.3, 0.4) is 0 Å². The predicted octanol–water partition coefficient (Wildman–Crippen LogP) is 3.76. The molecule has 0 bridgehead atoms. The monoisotopic (exact) mass is 344 g/mol. The van der Waals surface area contributed by atoms with Gasteiger partial charge in [-0.3, -0.25) is 9.59 Å². The molecule has 0 spiro atoms. The molecular weight excluding hydrogens is 316 g/mol. The van der Waals surface area contributed by atoms with Crippen LogP contribution in [0.15, 0.2) is 35.9 Å². The lowest BCUT2D eigenvalue weighted by molar-refractivity contribution is -0.129. The van der Waals surface area contributed by atoms with E-state index < -0.39 is 0 Å². The number of nitrogens with zero attached hydrogens (tertiary/aromatic N) is 1.